The molecule has 0 saturated carbocycles. The predicted molar refractivity (Wildman–Crippen MR) is 86.2 cm³/mol. The number of aliphatic hydroxyl groups is 1. The van der Waals surface area contributed by atoms with Crippen molar-refractivity contribution in [2.24, 2.45) is 0 Å². The quantitative estimate of drug-likeness (QED) is 0.908. The molecular weight excluding hydrogens is 260 g/mol. The molecule has 0 saturated heterocycles. The Bertz CT molecular complexity index is 585. The van der Waals surface area contributed by atoms with Crippen LogP contribution in [0.1, 0.15) is 24.1 Å². The van der Waals surface area contributed by atoms with Crippen LogP contribution in [-0.4, -0.2) is 29.2 Å². The molecule has 1 aliphatic heterocycles. The van der Waals surface area contributed by atoms with Gasteiger partial charge in [-0.05, 0) is 24.1 Å². The highest BCUT2D eigenvalue weighted by molar-refractivity contribution is 5.52. The van der Waals surface area contributed by atoms with E-state index in [1.165, 1.54) is 16.8 Å². The fourth-order valence-electron chi connectivity index (χ4n) is 3.09. The van der Waals surface area contributed by atoms with Gasteiger partial charge in [0.25, 0.3) is 0 Å². The van der Waals surface area contributed by atoms with Gasteiger partial charge >= 0.3 is 0 Å². The van der Waals surface area contributed by atoms with Gasteiger partial charge in [-0.25, -0.2) is 0 Å². The lowest BCUT2D eigenvalue weighted by Crippen LogP contribution is -2.36. The highest BCUT2D eigenvalue weighted by Gasteiger charge is 2.25. The van der Waals surface area contributed by atoms with Crippen LogP contribution < -0.4 is 5.32 Å². The van der Waals surface area contributed by atoms with Gasteiger partial charge in [0, 0.05) is 24.8 Å². The summed E-state index contributed by atoms with van der Waals surface area (Å²) in [4.78, 5) is 2.36. The van der Waals surface area contributed by atoms with E-state index in [2.05, 4.69) is 53.5 Å². The largest absolute Gasteiger partial charge is 0.394 e. The van der Waals surface area contributed by atoms with Crippen molar-refractivity contribution < 1.29 is 5.11 Å². The van der Waals surface area contributed by atoms with Gasteiger partial charge in [-0.15, -0.1) is 0 Å². The molecule has 110 valence electrons. The Morgan fingerprint density at radius 1 is 1.14 bits per heavy atom. The number of para-hydroxylation sites is 1. The summed E-state index contributed by atoms with van der Waals surface area (Å²) in [5.41, 5.74) is 3.67. The second kappa shape index (κ2) is 6.29. The number of hydrogen-bond acceptors (Lipinski definition) is 3. The maximum atomic E-state index is 9.90. The minimum atomic E-state index is 0.0432. The zero-order chi connectivity index (χ0) is 14.7. The number of aliphatic hydroxyl groups excluding tert-OH is 1. The van der Waals surface area contributed by atoms with E-state index in [0.29, 0.717) is 6.04 Å². The maximum Gasteiger partial charge on any atom is 0.0628 e. The zero-order valence-electron chi connectivity index (χ0n) is 12.4. The van der Waals surface area contributed by atoms with Crippen LogP contribution in [0.25, 0.3) is 0 Å². The van der Waals surface area contributed by atoms with Crippen LogP contribution >= 0.6 is 0 Å². The van der Waals surface area contributed by atoms with Crippen LogP contribution in [-0.2, 0) is 6.54 Å². The summed E-state index contributed by atoms with van der Waals surface area (Å²) in [6, 6.07) is 19.1. The molecular formula is C18H22N2O. The van der Waals surface area contributed by atoms with Crippen LogP contribution in [0, 0.1) is 0 Å². The molecule has 0 bridgehead atoms. The maximum absolute atomic E-state index is 9.90. The summed E-state index contributed by atoms with van der Waals surface area (Å²) < 4.78 is 0. The Morgan fingerprint density at radius 2 is 1.86 bits per heavy atom. The van der Waals surface area contributed by atoms with Crippen LogP contribution in [0.15, 0.2) is 54.6 Å². The second-order valence-electron chi connectivity index (χ2n) is 5.74. The highest BCUT2D eigenvalue weighted by Crippen LogP contribution is 2.28. The van der Waals surface area contributed by atoms with Crippen molar-refractivity contribution in [3.63, 3.8) is 0 Å². The first kappa shape index (κ1) is 14.1. The summed E-state index contributed by atoms with van der Waals surface area (Å²) in [5, 5.41) is 13.5. The van der Waals surface area contributed by atoms with E-state index < -0.39 is 0 Å². The van der Waals surface area contributed by atoms with Gasteiger partial charge in [-0.3, -0.25) is 4.90 Å². The summed E-state index contributed by atoms with van der Waals surface area (Å²) >= 11 is 0. The first-order chi connectivity index (χ1) is 10.3. The Labute approximate surface area is 126 Å². The lowest BCUT2D eigenvalue weighted by molar-refractivity contribution is 0.116. The first-order valence-corrected chi connectivity index (χ1v) is 7.52. The molecule has 1 aliphatic rings. The molecule has 2 N–H and O–H groups in total. The Morgan fingerprint density at radius 3 is 2.62 bits per heavy atom. The third-order valence-corrected chi connectivity index (χ3v) is 4.10. The van der Waals surface area contributed by atoms with Gasteiger partial charge in [0.1, 0.15) is 0 Å². The standard InChI is InChI=1S/C18H22N2O/c1-14-11-20(12-16-9-5-6-10-17(16)19-14)18(13-21)15-7-3-2-4-8-15/h2-10,14,18-19,21H,11-13H2,1H3/t14-,18+/m1/s1. The highest BCUT2D eigenvalue weighted by atomic mass is 16.3. The van der Waals surface area contributed by atoms with Crippen LogP contribution in [0.5, 0.6) is 0 Å². The molecule has 2 atom stereocenters. The number of nitrogens with one attached hydrogen (secondary N) is 1. The summed E-state index contributed by atoms with van der Waals surface area (Å²) in [6.45, 7) is 4.09. The summed E-state index contributed by atoms with van der Waals surface area (Å²) in [5.74, 6) is 0. The zero-order valence-corrected chi connectivity index (χ0v) is 12.4. The lowest BCUT2D eigenvalue weighted by Gasteiger charge is -2.31. The molecule has 0 aliphatic carbocycles. The fourth-order valence-corrected chi connectivity index (χ4v) is 3.09. The molecule has 3 heteroatoms. The number of hydrogen-bond donors (Lipinski definition) is 2. The van der Waals surface area contributed by atoms with Gasteiger partial charge in [0.05, 0.1) is 12.6 Å². The molecule has 0 aromatic heterocycles. The minimum Gasteiger partial charge on any atom is -0.394 e. The Hall–Kier alpha value is -1.84. The van der Waals surface area contributed by atoms with Crippen LogP contribution in [0.4, 0.5) is 5.69 Å². The molecule has 0 fully saturated rings. The molecule has 3 rings (SSSR count). The molecule has 21 heavy (non-hydrogen) atoms. The third kappa shape index (κ3) is 3.09. The SMILES string of the molecule is C[C@@H]1CN([C@@H](CO)c2ccccc2)Cc2ccccc2N1. The number of rotatable bonds is 3. The molecule has 2 aromatic rings. The summed E-state index contributed by atoms with van der Waals surface area (Å²) in [6.07, 6.45) is 0. The van der Waals surface area contributed by atoms with Gasteiger partial charge < -0.3 is 10.4 Å². The number of benzene rings is 2. The average Bonchev–Trinajstić information content (AvgIpc) is 2.67. The van der Waals surface area contributed by atoms with E-state index in [9.17, 15) is 5.11 Å². The van der Waals surface area contributed by atoms with Gasteiger partial charge in [-0.1, -0.05) is 48.5 Å². The first-order valence-electron chi connectivity index (χ1n) is 7.52. The van der Waals surface area contributed by atoms with Crippen molar-refractivity contribution in [2.45, 2.75) is 25.6 Å². The van der Waals surface area contributed by atoms with Crippen LogP contribution in [0.3, 0.4) is 0 Å². The van der Waals surface area contributed by atoms with Crippen molar-refractivity contribution in [3.8, 4) is 0 Å². The van der Waals surface area contributed by atoms with E-state index in [0.717, 1.165) is 13.1 Å². The van der Waals surface area contributed by atoms with Gasteiger partial charge in [0.2, 0.25) is 0 Å². The molecule has 0 amide bonds. The van der Waals surface area contributed by atoms with Gasteiger partial charge in [0.15, 0.2) is 0 Å². The van der Waals surface area contributed by atoms with Crippen molar-refractivity contribution in [2.75, 3.05) is 18.5 Å². The van der Waals surface area contributed by atoms with Crippen LogP contribution in [0.2, 0.25) is 0 Å². The Kier molecular flexibility index (Phi) is 4.23. The van der Waals surface area contributed by atoms with Crippen molar-refractivity contribution >= 4 is 5.69 Å². The van der Waals surface area contributed by atoms with E-state index in [1.807, 2.05) is 18.2 Å². The van der Waals surface area contributed by atoms with Crippen molar-refractivity contribution in [3.05, 3.63) is 65.7 Å². The minimum absolute atomic E-state index is 0.0432. The molecule has 1 heterocycles. The topological polar surface area (TPSA) is 35.5 Å². The van der Waals surface area contributed by atoms with Crippen molar-refractivity contribution in [1.82, 2.24) is 4.90 Å². The monoisotopic (exact) mass is 282 g/mol. The molecule has 0 unspecified atom stereocenters. The molecule has 0 spiro atoms. The number of nitrogens with zero attached hydrogens (tertiary/aromatic N) is 1. The normalized spacial score (nSPS) is 20.2. The van der Waals surface area contributed by atoms with Gasteiger partial charge in [-0.2, -0.15) is 0 Å². The Balaban J connectivity index is 1.90. The molecule has 2 aromatic carbocycles. The number of fused-ring (bicyclic) bond motifs is 1. The average molecular weight is 282 g/mol. The molecule has 0 radical (unpaired) electrons. The third-order valence-electron chi connectivity index (χ3n) is 4.10. The summed E-state index contributed by atoms with van der Waals surface area (Å²) in [7, 11) is 0. The van der Waals surface area contributed by atoms with E-state index in [4.69, 9.17) is 0 Å². The predicted octanol–water partition coefficient (Wildman–Crippen LogP) is 3.04. The second-order valence-corrected chi connectivity index (χ2v) is 5.74. The lowest BCUT2D eigenvalue weighted by atomic mass is 10.0. The molecule has 3 nitrogen and oxygen atoms in total. The van der Waals surface area contributed by atoms with E-state index >= 15 is 0 Å². The van der Waals surface area contributed by atoms with Crippen molar-refractivity contribution in [1.29, 1.82) is 0 Å². The van der Waals surface area contributed by atoms with E-state index in [1.54, 1.807) is 0 Å². The number of anilines is 1. The smallest absolute Gasteiger partial charge is 0.0628 e. The van der Waals surface area contributed by atoms with E-state index in [-0.39, 0.29) is 12.6 Å². The fraction of sp³-hybridized carbons (Fsp3) is 0.333.